The van der Waals surface area contributed by atoms with Crippen molar-refractivity contribution in [2.75, 3.05) is 5.73 Å². The summed E-state index contributed by atoms with van der Waals surface area (Å²) in [5.74, 6) is 0. The SMILES string of the molecule is Nc1nc(C=O)c(-c2cccc(Cl)c2)s1. The number of benzene rings is 1. The van der Waals surface area contributed by atoms with Crippen LogP contribution in [-0.2, 0) is 0 Å². The maximum atomic E-state index is 10.8. The number of nitrogen functional groups attached to an aromatic ring is 1. The van der Waals surface area contributed by atoms with Crippen molar-refractivity contribution in [1.82, 2.24) is 4.98 Å². The van der Waals surface area contributed by atoms with Gasteiger partial charge in [0.15, 0.2) is 11.4 Å². The molecule has 0 aliphatic rings. The zero-order chi connectivity index (χ0) is 10.8. The van der Waals surface area contributed by atoms with Crippen LogP contribution in [0.1, 0.15) is 10.5 Å². The van der Waals surface area contributed by atoms with Gasteiger partial charge < -0.3 is 5.73 Å². The Bertz CT molecular complexity index is 510. The first-order valence-corrected chi connectivity index (χ1v) is 5.37. The van der Waals surface area contributed by atoms with E-state index in [2.05, 4.69) is 4.98 Å². The second-order valence-electron chi connectivity index (χ2n) is 2.89. The zero-order valence-corrected chi connectivity index (χ0v) is 9.18. The van der Waals surface area contributed by atoms with Crippen molar-refractivity contribution in [3.63, 3.8) is 0 Å². The topological polar surface area (TPSA) is 56.0 Å². The number of hydrogen-bond donors (Lipinski definition) is 1. The molecular weight excluding hydrogens is 232 g/mol. The molecule has 0 amide bonds. The van der Waals surface area contributed by atoms with Crippen LogP contribution in [0, 0.1) is 0 Å². The monoisotopic (exact) mass is 238 g/mol. The summed E-state index contributed by atoms with van der Waals surface area (Å²) in [6.45, 7) is 0. The number of carbonyl (C=O) groups excluding carboxylic acids is 1. The Labute approximate surface area is 95.5 Å². The lowest BCUT2D eigenvalue weighted by Gasteiger charge is -1.97. The number of nitrogens with two attached hydrogens (primary N) is 1. The van der Waals surface area contributed by atoms with Gasteiger partial charge in [0.2, 0.25) is 0 Å². The van der Waals surface area contributed by atoms with Gasteiger partial charge in [0, 0.05) is 5.02 Å². The number of aldehydes is 1. The van der Waals surface area contributed by atoms with Crippen LogP contribution < -0.4 is 5.73 Å². The molecule has 76 valence electrons. The first-order valence-electron chi connectivity index (χ1n) is 4.18. The van der Waals surface area contributed by atoms with Gasteiger partial charge in [0.25, 0.3) is 0 Å². The third kappa shape index (κ3) is 2.00. The number of thiazole rings is 1. The van der Waals surface area contributed by atoms with Gasteiger partial charge in [-0.15, -0.1) is 0 Å². The average Bonchev–Trinajstić information content (AvgIpc) is 2.59. The number of rotatable bonds is 2. The van der Waals surface area contributed by atoms with Gasteiger partial charge in [-0.25, -0.2) is 4.98 Å². The Kier molecular flexibility index (Phi) is 2.70. The normalized spacial score (nSPS) is 10.2. The molecule has 0 bridgehead atoms. The van der Waals surface area contributed by atoms with E-state index < -0.39 is 0 Å². The minimum atomic E-state index is 0.361. The highest BCUT2D eigenvalue weighted by molar-refractivity contribution is 7.19. The van der Waals surface area contributed by atoms with Crippen LogP contribution in [0.5, 0.6) is 0 Å². The second-order valence-corrected chi connectivity index (χ2v) is 4.36. The lowest BCUT2D eigenvalue weighted by atomic mass is 10.2. The van der Waals surface area contributed by atoms with Crippen LogP contribution in [0.15, 0.2) is 24.3 Å². The number of carbonyl (C=O) groups is 1. The van der Waals surface area contributed by atoms with E-state index in [1.807, 2.05) is 12.1 Å². The third-order valence-corrected chi connectivity index (χ3v) is 3.05. The number of hydrogen-bond acceptors (Lipinski definition) is 4. The van der Waals surface area contributed by atoms with Crippen molar-refractivity contribution in [2.45, 2.75) is 0 Å². The highest BCUT2D eigenvalue weighted by Gasteiger charge is 2.10. The molecule has 1 aromatic carbocycles. The van der Waals surface area contributed by atoms with Crippen LogP contribution >= 0.6 is 22.9 Å². The molecule has 0 unspecified atom stereocenters. The molecule has 5 heteroatoms. The fraction of sp³-hybridized carbons (Fsp3) is 0. The van der Waals surface area contributed by atoms with E-state index in [9.17, 15) is 4.79 Å². The van der Waals surface area contributed by atoms with Gasteiger partial charge in [0.05, 0.1) is 4.88 Å². The van der Waals surface area contributed by atoms with Crippen LogP contribution in [0.3, 0.4) is 0 Å². The summed E-state index contributed by atoms with van der Waals surface area (Å²) in [6, 6.07) is 7.24. The van der Waals surface area contributed by atoms with Crippen LogP contribution in [0.2, 0.25) is 5.02 Å². The molecule has 2 N–H and O–H groups in total. The van der Waals surface area contributed by atoms with Gasteiger partial charge in [-0.05, 0) is 17.7 Å². The molecule has 2 rings (SSSR count). The molecular formula is C10H7ClN2OS. The Morgan fingerprint density at radius 2 is 2.27 bits per heavy atom. The maximum Gasteiger partial charge on any atom is 0.181 e. The first kappa shape index (κ1) is 10.1. The molecule has 1 aromatic heterocycles. The van der Waals surface area contributed by atoms with Crippen LogP contribution in [-0.4, -0.2) is 11.3 Å². The number of nitrogens with zero attached hydrogens (tertiary/aromatic N) is 1. The molecule has 15 heavy (non-hydrogen) atoms. The van der Waals surface area contributed by atoms with Crippen LogP contribution in [0.4, 0.5) is 5.13 Å². The highest BCUT2D eigenvalue weighted by Crippen LogP contribution is 2.31. The van der Waals surface area contributed by atoms with Gasteiger partial charge in [-0.3, -0.25) is 4.79 Å². The molecule has 1 heterocycles. The van der Waals surface area contributed by atoms with E-state index >= 15 is 0 Å². The standard InChI is InChI=1S/C10H7ClN2OS/c11-7-3-1-2-6(4-7)9-8(5-14)13-10(12)15-9/h1-5H,(H2,12,13). The third-order valence-electron chi connectivity index (χ3n) is 1.87. The molecule has 0 aliphatic heterocycles. The van der Waals surface area contributed by atoms with Crippen molar-refractivity contribution in [3.05, 3.63) is 35.0 Å². The van der Waals surface area contributed by atoms with Crippen LogP contribution in [0.25, 0.3) is 10.4 Å². The van der Waals surface area contributed by atoms with E-state index in [1.54, 1.807) is 12.1 Å². The molecule has 0 spiro atoms. The predicted octanol–water partition coefficient (Wildman–Crippen LogP) is 2.86. The Morgan fingerprint density at radius 3 is 2.93 bits per heavy atom. The van der Waals surface area contributed by atoms with Gasteiger partial charge >= 0.3 is 0 Å². The summed E-state index contributed by atoms with van der Waals surface area (Å²) in [5, 5.41) is 1.00. The first-order chi connectivity index (χ1) is 7.20. The van der Waals surface area contributed by atoms with Crippen molar-refractivity contribution >= 4 is 34.4 Å². The van der Waals surface area contributed by atoms with E-state index in [-0.39, 0.29) is 0 Å². The zero-order valence-electron chi connectivity index (χ0n) is 7.61. The van der Waals surface area contributed by atoms with Gasteiger partial charge in [-0.2, -0.15) is 0 Å². The molecule has 2 aromatic rings. The molecule has 3 nitrogen and oxygen atoms in total. The van der Waals surface area contributed by atoms with Gasteiger partial charge in [0.1, 0.15) is 5.69 Å². The lowest BCUT2D eigenvalue weighted by molar-refractivity contribution is 0.112. The summed E-state index contributed by atoms with van der Waals surface area (Å²) < 4.78 is 0. The molecule has 0 saturated carbocycles. The fourth-order valence-corrected chi connectivity index (χ4v) is 2.25. The van der Waals surface area contributed by atoms with E-state index in [1.165, 1.54) is 11.3 Å². The molecule has 0 fully saturated rings. The summed E-state index contributed by atoms with van der Waals surface area (Å²) in [4.78, 5) is 15.4. The van der Waals surface area contributed by atoms with E-state index in [0.717, 1.165) is 10.4 Å². The maximum absolute atomic E-state index is 10.8. The van der Waals surface area contributed by atoms with E-state index in [0.29, 0.717) is 22.1 Å². The Morgan fingerprint density at radius 1 is 1.47 bits per heavy atom. The number of halogens is 1. The number of anilines is 1. The predicted molar refractivity (Wildman–Crippen MR) is 62.4 cm³/mol. The summed E-state index contributed by atoms with van der Waals surface area (Å²) in [7, 11) is 0. The second kappa shape index (κ2) is 4.00. The van der Waals surface area contributed by atoms with Gasteiger partial charge in [-0.1, -0.05) is 35.1 Å². The molecule has 0 saturated heterocycles. The van der Waals surface area contributed by atoms with Crippen molar-refractivity contribution in [3.8, 4) is 10.4 Å². The summed E-state index contributed by atoms with van der Waals surface area (Å²) in [6.07, 6.45) is 0.698. The highest BCUT2D eigenvalue weighted by atomic mass is 35.5. The molecule has 0 atom stereocenters. The molecule has 0 radical (unpaired) electrons. The van der Waals surface area contributed by atoms with Crippen molar-refractivity contribution in [2.24, 2.45) is 0 Å². The number of aromatic nitrogens is 1. The van der Waals surface area contributed by atoms with E-state index in [4.69, 9.17) is 17.3 Å². The average molecular weight is 239 g/mol. The quantitative estimate of drug-likeness (QED) is 0.819. The minimum absolute atomic E-state index is 0.361. The van der Waals surface area contributed by atoms with Crippen molar-refractivity contribution < 1.29 is 4.79 Å². The lowest BCUT2D eigenvalue weighted by Crippen LogP contribution is -1.85. The Balaban J connectivity index is 2.57. The smallest absolute Gasteiger partial charge is 0.181 e. The fourth-order valence-electron chi connectivity index (χ4n) is 1.27. The largest absolute Gasteiger partial charge is 0.375 e. The Hall–Kier alpha value is -1.39. The molecule has 0 aliphatic carbocycles. The summed E-state index contributed by atoms with van der Waals surface area (Å²) in [5.41, 5.74) is 6.77. The minimum Gasteiger partial charge on any atom is -0.375 e. The van der Waals surface area contributed by atoms with Crippen molar-refractivity contribution in [1.29, 1.82) is 0 Å². The summed E-state index contributed by atoms with van der Waals surface area (Å²) >= 11 is 7.14.